The SMILES string of the molecule is COc1ccc2c(c1)C(=O)N(C[C@@]1(C#Cc3cccc(C(=NO)N4CCN(C)CC4)c3)NC(=O)NC1=O)C2. The van der Waals surface area contributed by atoms with Gasteiger partial charge in [-0.25, -0.2) is 4.79 Å². The zero-order chi connectivity index (χ0) is 26.9. The molecule has 3 aliphatic rings. The predicted octanol–water partition coefficient (Wildman–Crippen LogP) is 0.664. The van der Waals surface area contributed by atoms with Gasteiger partial charge in [0.25, 0.3) is 11.8 Å². The molecule has 0 aliphatic carbocycles. The van der Waals surface area contributed by atoms with Crippen LogP contribution in [-0.2, 0) is 11.3 Å². The van der Waals surface area contributed by atoms with E-state index in [1.807, 2.05) is 24.1 Å². The molecule has 3 heterocycles. The summed E-state index contributed by atoms with van der Waals surface area (Å²) in [5.41, 5.74) is 0.907. The number of likely N-dealkylation sites (N-methyl/N-ethyl adjacent to an activating group) is 1. The van der Waals surface area contributed by atoms with Gasteiger partial charge in [-0.05, 0) is 36.9 Å². The monoisotopic (exact) mass is 516 g/mol. The summed E-state index contributed by atoms with van der Waals surface area (Å²) in [7, 11) is 3.57. The van der Waals surface area contributed by atoms with E-state index in [0.717, 1.165) is 31.7 Å². The maximum Gasteiger partial charge on any atom is 0.323 e. The van der Waals surface area contributed by atoms with Crippen molar-refractivity contribution in [3.63, 3.8) is 0 Å². The molecule has 4 amide bonds. The lowest BCUT2D eigenvalue weighted by Crippen LogP contribution is -2.54. The molecule has 11 heteroatoms. The molecule has 0 spiro atoms. The lowest BCUT2D eigenvalue weighted by molar-refractivity contribution is -0.122. The first-order valence-corrected chi connectivity index (χ1v) is 12.2. The molecule has 1 atom stereocenters. The Bertz CT molecular complexity index is 1390. The second-order valence-electron chi connectivity index (χ2n) is 9.54. The molecule has 2 aromatic rings. The minimum absolute atomic E-state index is 0.127. The van der Waals surface area contributed by atoms with Gasteiger partial charge in [-0.1, -0.05) is 35.2 Å². The number of carbonyl (C=O) groups is 3. The number of hydrogen-bond donors (Lipinski definition) is 3. The first-order chi connectivity index (χ1) is 18.3. The summed E-state index contributed by atoms with van der Waals surface area (Å²) in [6.45, 7) is 3.29. The van der Waals surface area contributed by atoms with Gasteiger partial charge >= 0.3 is 6.03 Å². The Balaban J connectivity index is 1.41. The molecule has 0 aromatic heterocycles. The Labute approximate surface area is 220 Å². The van der Waals surface area contributed by atoms with Gasteiger partial charge < -0.3 is 30.0 Å². The summed E-state index contributed by atoms with van der Waals surface area (Å²) in [5.74, 6) is 6.02. The molecule has 3 N–H and O–H groups in total. The van der Waals surface area contributed by atoms with Crippen LogP contribution in [0.4, 0.5) is 4.79 Å². The fraction of sp³-hybridized carbons (Fsp3) is 0.333. The van der Waals surface area contributed by atoms with E-state index in [-0.39, 0.29) is 19.0 Å². The third-order valence-electron chi connectivity index (χ3n) is 7.00. The molecule has 0 bridgehead atoms. The molecule has 196 valence electrons. The molecule has 0 unspecified atom stereocenters. The summed E-state index contributed by atoms with van der Waals surface area (Å²) < 4.78 is 5.23. The Morgan fingerprint density at radius 2 is 1.92 bits per heavy atom. The van der Waals surface area contributed by atoms with Crippen LogP contribution in [0.25, 0.3) is 0 Å². The smallest absolute Gasteiger partial charge is 0.323 e. The predicted molar refractivity (Wildman–Crippen MR) is 138 cm³/mol. The molecular weight excluding hydrogens is 488 g/mol. The van der Waals surface area contributed by atoms with Crippen molar-refractivity contribution < 1.29 is 24.3 Å². The second kappa shape index (κ2) is 10.1. The van der Waals surface area contributed by atoms with Gasteiger partial charge in [0, 0.05) is 49.4 Å². The number of fused-ring (bicyclic) bond motifs is 1. The van der Waals surface area contributed by atoms with Crippen LogP contribution in [0.15, 0.2) is 47.6 Å². The highest BCUT2D eigenvalue weighted by Crippen LogP contribution is 2.28. The normalized spacial score (nSPS) is 21.5. The lowest BCUT2D eigenvalue weighted by Gasteiger charge is -2.34. The molecule has 2 saturated heterocycles. The van der Waals surface area contributed by atoms with Crippen molar-refractivity contribution in [1.29, 1.82) is 0 Å². The zero-order valence-corrected chi connectivity index (χ0v) is 21.2. The van der Waals surface area contributed by atoms with Crippen molar-refractivity contribution in [2.24, 2.45) is 5.16 Å². The first-order valence-electron chi connectivity index (χ1n) is 12.2. The molecule has 5 rings (SSSR count). The summed E-state index contributed by atoms with van der Waals surface area (Å²) in [6, 6.07) is 11.7. The van der Waals surface area contributed by atoms with Gasteiger partial charge in [0.15, 0.2) is 5.84 Å². The van der Waals surface area contributed by atoms with Crippen molar-refractivity contribution in [2.45, 2.75) is 12.1 Å². The molecule has 2 fully saturated rings. The minimum Gasteiger partial charge on any atom is -0.497 e. The third-order valence-corrected chi connectivity index (χ3v) is 7.00. The van der Waals surface area contributed by atoms with Crippen LogP contribution < -0.4 is 15.4 Å². The standard InChI is InChI=1S/C27H28N6O5/c1-31-10-12-32(13-11-31)23(30-37)19-5-3-4-18(14-19)8-9-27(25(35)28-26(36)29-27)17-33-16-20-6-7-21(38-2)15-22(20)24(33)34/h3-7,14-15,37H,10-13,16-17H2,1-2H3,(H2,28,29,35,36)/t27-/m1/s1. The zero-order valence-electron chi connectivity index (χ0n) is 21.2. The Kier molecular flexibility index (Phi) is 6.65. The van der Waals surface area contributed by atoms with Crippen molar-refractivity contribution in [1.82, 2.24) is 25.3 Å². The summed E-state index contributed by atoms with van der Waals surface area (Å²) >= 11 is 0. The molecule has 11 nitrogen and oxygen atoms in total. The highest BCUT2D eigenvalue weighted by molar-refractivity contribution is 6.10. The quantitative estimate of drug-likeness (QED) is 0.136. The van der Waals surface area contributed by atoms with Crippen LogP contribution in [0.5, 0.6) is 5.75 Å². The number of nitrogens with one attached hydrogen (secondary N) is 2. The fourth-order valence-corrected chi connectivity index (χ4v) is 4.85. The summed E-state index contributed by atoms with van der Waals surface area (Å²) in [6.07, 6.45) is 0. The topological polar surface area (TPSA) is 127 Å². The van der Waals surface area contributed by atoms with Crippen molar-refractivity contribution in [3.8, 4) is 17.6 Å². The number of piperazine rings is 1. The summed E-state index contributed by atoms with van der Waals surface area (Å²) in [5, 5.41) is 18.1. The lowest BCUT2D eigenvalue weighted by atomic mass is 9.98. The molecule has 3 aliphatic heterocycles. The van der Waals surface area contributed by atoms with E-state index in [9.17, 15) is 19.6 Å². The van der Waals surface area contributed by atoms with Gasteiger partial charge in [-0.2, -0.15) is 0 Å². The molecule has 38 heavy (non-hydrogen) atoms. The number of urea groups is 1. The highest BCUT2D eigenvalue weighted by Gasteiger charge is 2.48. The first kappa shape index (κ1) is 25.1. The average molecular weight is 517 g/mol. The molecule has 2 aromatic carbocycles. The number of benzene rings is 2. The van der Waals surface area contributed by atoms with Gasteiger partial charge in [0.2, 0.25) is 5.54 Å². The third kappa shape index (κ3) is 4.73. The Morgan fingerprint density at radius 3 is 2.61 bits per heavy atom. The Morgan fingerprint density at radius 1 is 1.13 bits per heavy atom. The Hall–Kier alpha value is -4.56. The average Bonchev–Trinajstić information content (AvgIpc) is 3.38. The molecule has 0 saturated carbocycles. The number of ether oxygens (including phenoxy) is 1. The van der Waals surface area contributed by atoms with E-state index in [0.29, 0.717) is 28.3 Å². The van der Waals surface area contributed by atoms with Gasteiger partial charge in [-0.3, -0.25) is 14.9 Å². The van der Waals surface area contributed by atoms with E-state index < -0.39 is 17.5 Å². The van der Waals surface area contributed by atoms with Gasteiger partial charge in [-0.15, -0.1) is 0 Å². The number of rotatable bonds is 4. The van der Waals surface area contributed by atoms with E-state index in [1.54, 1.807) is 30.3 Å². The fourth-order valence-electron chi connectivity index (χ4n) is 4.85. The number of imide groups is 1. The van der Waals surface area contributed by atoms with E-state index in [4.69, 9.17) is 4.74 Å². The number of methoxy groups -OCH3 is 1. The van der Waals surface area contributed by atoms with E-state index >= 15 is 0 Å². The van der Waals surface area contributed by atoms with Crippen molar-refractivity contribution in [3.05, 3.63) is 64.7 Å². The number of carbonyl (C=O) groups excluding carboxylic acids is 3. The number of nitrogens with zero attached hydrogens (tertiary/aromatic N) is 4. The van der Waals surface area contributed by atoms with E-state index in [1.165, 1.54) is 12.0 Å². The van der Waals surface area contributed by atoms with Crippen LogP contribution in [-0.4, -0.2) is 96.0 Å². The molecular formula is C27H28N6O5. The van der Waals surface area contributed by atoms with Crippen LogP contribution >= 0.6 is 0 Å². The van der Waals surface area contributed by atoms with Crippen molar-refractivity contribution in [2.75, 3.05) is 46.9 Å². The van der Waals surface area contributed by atoms with E-state index in [2.05, 4.69) is 32.5 Å². The van der Waals surface area contributed by atoms with Crippen LogP contribution in [0.3, 0.4) is 0 Å². The highest BCUT2D eigenvalue weighted by atomic mass is 16.5. The number of hydrogen-bond acceptors (Lipinski definition) is 7. The van der Waals surface area contributed by atoms with Crippen molar-refractivity contribution >= 4 is 23.7 Å². The number of oxime groups is 1. The minimum atomic E-state index is -1.62. The maximum absolute atomic E-state index is 13.1. The second-order valence-corrected chi connectivity index (χ2v) is 9.54. The number of amides is 4. The molecule has 0 radical (unpaired) electrons. The van der Waals surface area contributed by atoms with Crippen LogP contribution in [0.1, 0.15) is 27.0 Å². The largest absolute Gasteiger partial charge is 0.497 e. The maximum atomic E-state index is 13.1. The van der Waals surface area contributed by atoms with Gasteiger partial charge in [0.05, 0.1) is 13.7 Å². The number of amidine groups is 1. The van der Waals surface area contributed by atoms with Crippen LogP contribution in [0.2, 0.25) is 0 Å². The van der Waals surface area contributed by atoms with Gasteiger partial charge in [0.1, 0.15) is 5.75 Å². The summed E-state index contributed by atoms with van der Waals surface area (Å²) in [4.78, 5) is 43.9. The van der Waals surface area contributed by atoms with Crippen LogP contribution in [0, 0.1) is 11.8 Å².